The number of likely N-dealkylation sites (tertiary alicyclic amines) is 2. The van der Waals surface area contributed by atoms with Crippen LogP contribution in [0.4, 0.5) is 4.79 Å². The van der Waals surface area contributed by atoms with Crippen molar-refractivity contribution in [2.24, 2.45) is 21.1 Å². The minimum Gasteiger partial charge on any atom is -0.399 e. The number of piperidine rings is 2. The van der Waals surface area contributed by atoms with Crippen molar-refractivity contribution in [3.05, 3.63) is 233 Å². The molecule has 22 nitrogen and oxygen atoms in total. The summed E-state index contributed by atoms with van der Waals surface area (Å²) < 4.78 is 25.8. The highest BCUT2D eigenvalue weighted by Gasteiger charge is 2.51. The Labute approximate surface area is 587 Å². The fourth-order valence-corrected chi connectivity index (χ4v) is 13.3. The van der Waals surface area contributed by atoms with Crippen molar-refractivity contribution >= 4 is 85.3 Å². The summed E-state index contributed by atoms with van der Waals surface area (Å²) in [4.78, 5) is 113. The maximum atomic E-state index is 13.1. The lowest BCUT2D eigenvalue weighted by Gasteiger charge is -2.37. The highest BCUT2D eigenvalue weighted by atomic mass is 79.9. The number of carbonyl (C=O) groups is 4. The van der Waals surface area contributed by atoms with Crippen molar-refractivity contribution < 1.29 is 33.2 Å². The Kier molecular flexibility index (Phi) is 22.7. The minimum absolute atomic E-state index is 0.0219. The number of aromatic nitrogens is 7. The molecular formula is C76H81BBrN11O11. The molecule has 0 unspecified atom stereocenters. The van der Waals surface area contributed by atoms with E-state index >= 15 is 0 Å². The molecular weight excluding hydrogens is 1330 g/mol. The number of hydrogen-bond acceptors (Lipinski definition) is 16. The minimum atomic E-state index is -0.443. The van der Waals surface area contributed by atoms with Gasteiger partial charge in [-0.2, -0.15) is 0 Å². The molecule has 1 N–H and O–H groups in total. The number of ether oxygens (including phenoxy) is 1. The van der Waals surface area contributed by atoms with Crippen LogP contribution in [0, 0.1) is 0 Å². The van der Waals surface area contributed by atoms with Crippen molar-refractivity contribution in [3.8, 4) is 22.3 Å². The first-order valence-corrected chi connectivity index (χ1v) is 34.2. The molecule has 3 amide bonds. The summed E-state index contributed by atoms with van der Waals surface area (Å²) in [6.45, 7) is 14.8. The third-order valence-corrected chi connectivity index (χ3v) is 19.9. The van der Waals surface area contributed by atoms with Crippen LogP contribution in [0.25, 0.3) is 54.6 Å². The van der Waals surface area contributed by atoms with Gasteiger partial charge in [0.25, 0.3) is 22.2 Å². The fourth-order valence-electron chi connectivity index (χ4n) is 12.7. The molecule has 0 saturated carbocycles. The summed E-state index contributed by atoms with van der Waals surface area (Å²) >= 11 is 3.39. The topological polar surface area (TPSA) is 244 Å². The molecule has 516 valence electrons. The number of hydrogen-bond donors (Lipinski definition) is 1. The molecule has 0 spiro atoms. The van der Waals surface area contributed by atoms with E-state index in [1.54, 1.807) is 121 Å². The number of fused-ring (bicyclic) bond motifs is 3. The number of carbonyl (C=O) groups excluding carboxylic acids is 4. The zero-order valence-electron chi connectivity index (χ0n) is 57.2. The van der Waals surface area contributed by atoms with Crippen LogP contribution in [0.15, 0.2) is 189 Å². The van der Waals surface area contributed by atoms with Crippen LogP contribution in [-0.4, -0.2) is 142 Å². The lowest BCUT2D eigenvalue weighted by molar-refractivity contribution is -0.121. The van der Waals surface area contributed by atoms with E-state index in [1.165, 1.54) is 15.0 Å². The molecule has 4 aliphatic rings. The molecule has 11 heterocycles. The molecule has 7 aromatic heterocycles. The van der Waals surface area contributed by atoms with Gasteiger partial charge in [0.1, 0.15) is 12.6 Å². The first-order valence-electron chi connectivity index (χ1n) is 33.5. The van der Waals surface area contributed by atoms with E-state index in [1.807, 2.05) is 82.4 Å². The van der Waals surface area contributed by atoms with Gasteiger partial charge in [-0.25, -0.2) is 4.79 Å². The Balaban J connectivity index is 0.000000163. The standard InChI is InChI=1S/C38H45N7O5.C16H12N2O2.C13H17BO3.C9H7BrN2O/c1-41-26-34(32-8-14-39-23-33(32)37(41)48)28-6-4-27(5-7-28)24-43-18-11-31(12-19-43)50-30-9-16-42(17-10-30)21-22-44-15-2-3-29(36(44)47)25-45-20-13-35(46)40-38(45)49;1-18-9-15(12-4-2-11(10-19)3-5-12)13-6-7-17-8-14(13)16(18)20;1-12(2)13(3,4)17-14(16-12)11-7-5-10(9-15)6-8-11;1-12-5-8(10)6-2-3-11-4-7(6)9(12)13/h2-8,14-15,23,26,30-31H,9-13,16-22,24-25H2,1H3,(H,40,46,49);2-10H,1H3;5-9H,1-4H3;2-5H,1H3. The lowest BCUT2D eigenvalue weighted by atomic mass is 9.79. The first kappa shape index (κ1) is 71.6. The van der Waals surface area contributed by atoms with Crippen LogP contribution in [0.1, 0.15) is 91.6 Å². The maximum absolute atomic E-state index is 13.1. The number of nitrogens with one attached hydrogen (secondary N) is 1. The van der Waals surface area contributed by atoms with Gasteiger partial charge in [-0.15, -0.1) is 0 Å². The van der Waals surface area contributed by atoms with Gasteiger partial charge in [0.15, 0.2) is 0 Å². The van der Waals surface area contributed by atoms with Crippen molar-refractivity contribution in [2.45, 2.75) is 103 Å². The second-order valence-corrected chi connectivity index (χ2v) is 27.4. The second-order valence-electron chi connectivity index (χ2n) is 26.6. The zero-order valence-corrected chi connectivity index (χ0v) is 58.8. The average Bonchev–Trinajstić information content (AvgIpc) is 1.22. The molecule has 0 atom stereocenters. The Bertz CT molecular complexity index is 4850. The Morgan fingerprint density at radius 3 is 1.53 bits per heavy atom. The summed E-state index contributed by atoms with van der Waals surface area (Å²) in [5.74, 6) is -0.278. The van der Waals surface area contributed by atoms with Gasteiger partial charge in [0.05, 0.1) is 46.1 Å². The smallest absolute Gasteiger partial charge is 0.399 e. The van der Waals surface area contributed by atoms with E-state index in [2.05, 4.69) is 70.3 Å². The van der Waals surface area contributed by atoms with Gasteiger partial charge in [-0.05, 0) is 126 Å². The summed E-state index contributed by atoms with van der Waals surface area (Å²) in [5, 5.41) is 6.86. The Hall–Kier alpha value is -9.69. The summed E-state index contributed by atoms with van der Waals surface area (Å²) in [7, 11) is 4.86. The number of benzene rings is 3. The largest absolute Gasteiger partial charge is 0.494 e. The predicted octanol–water partition coefficient (Wildman–Crippen LogP) is 9.26. The van der Waals surface area contributed by atoms with Crippen molar-refractivity contribution in [2.75, 3.05) is 39.3 Å². The summed E-state index contributed by atoms with van der Waals surface area (Å²) in [5.41, 5.74) is 7.19. The molecule has 4 saturated heterocycles. The summed E-state index contributed by atoms with van der Waals surface area (Å²) in [6.07, 6.45) is 23.7. The van der Waals surface area contributed by atoms with Crippen LogP contribution in [0.5, 0.6) is 0 Å². The van der Waals surface area contributed by atoms with E-state index in [0.29, 0.717) is 52.0 Å². The van der Waals surface area contributed by atoms with Crippen molar-refractivity contribution in [3.63, 3.8) is 0 Å². The number of halogens is 1. The van der Waals surface area contributed by atoms with E-state index in [0.717, 1.165) is 126 Å². The molecule has 0 bridgehead atoms. The number of pyridine rings is 7. The van der Waals surface area contributed by atoms with Crippen molar-refractivity contribution in [1.29, 1.82) is 0 Å². The van der Waals surface area contributed by atoms with Crippen LogP contribution in [-0.2, 0) is 59.6 Å². The van der Waals surface area contributed by atoms with Gasteiger partial charge in [0.2, 0.25) is 5.91 Å². The van der Waals surface area contributed by atoms with E-state index < -0.39 is 6.03 Å². The highest BCUT2D eigenvalue weighted by Crippen LogP contribution is 2.37. The quantitative estimate of drug-likeness (QED) is 0.0787. The molecule has 24 heteroatoms. The van der Waals surface area contributed by atoms with Gasteiger partial charge in [0, 0.05) is 180 Å². The molecule has 3 aromatic carbocycles. The number of amides is 3. The third-order valence-electron chi connectivity index (χ3n) is 19.2. The number of imide groups is 1. The van der Waals surface area contributed by atoms with Crippen LogP contribution in [0.2, 0.25) is 0 Å². The molecule has 14 rings (SSSR count). The second kappa shape index (κ2) is 31.7. The van der Waals surface area contributed by atoms with E-state index in [-0.39, 0.29) is 65.5 Å². The molecule has 4 aliphatic heterocycles. The van der Waals surface area contributed by atoms with Crippen LogP contribution in [0.3, 0.4) is 0 Å². The summed E-state index contributed by atoms with van der Waals surface area (Å²) in [6, 6.07) is 32.0. The molecule has 100 heavy (non-hydrogen) atoms. The maximum Gasteiger partial charge on any atom is 0.494 e. The number of nitrogens with zero attached hydrogens (tertiary/aromatic N) is 10. The SMILES string of the molecule is CC1(C)OB(c2ccc(C=O)cc2)OC1(C)C.Cn1cc(-c2ccc(C=O)cc2)c2ccncc2c1=O.Cn1cc(-c2ccc(CN3CCC(OC4CCN(CCn5cccc(CN6CCC(=O)NC6=O)c5=O)CC4)CC3)cc2)c2ccncc2c1=O.Cn1cc(Br)c2ccncc2c1=O. The molecule has 0 radical (unpaired) electrons. The predicted molar refractivity (Wildman–Crippen MR) is 391 cm³/mol. The van der Waals surface area contributed by atoms with Crippen molar-refractivity contribution in [1.82, 2.24) is 53.2 Å². The average molecular weight is 1420 g/mol. The van der Waals surface area contributed by atoms with Gasteiger partial charge in [-0.1, -0.05) is 78.9 Å². The fraction of sp³-hybridized carbons (Fsp3) is 0.329. The molecule has 10 aromatic rings. The van der Waals surface area contributed by atoms with Crippen LogP contribution >= 0.6 is 15.9 Å². The third kappa shape index (κ3) is 16.8. The lowest BCUT2D eigenvalue weighted by Crippen LogP contribution is -2.49. The number of aryl methyl sites for hydroxylation is 3. The monoisotopic (exact) mass is 1410 g/mol. The molecule has 0 aliphatic carbocycles. The van der Waals surface area contributed by atoms with Gasteiger partial charge < -0.3 is 42.1 Å². The Morgan fingerprint density at radius 1 is 0.550 bits per heavy atom. The first-order chi connectivity index (χ1) is 48.1. The van der Waals surface area contributed by atoms with E-state index in [9.17, 15) is 38.4 Å². The zero-order chi connectivity index (χ0) is 70.8. The van der Waals surface area contributed by atoms with Gasteiger partial charge in [-0.3, -0.25) is 58.7 Å². The Morgan fingerprint density at radius 2 is 1.02 bits per heavy atom. The van der Waals surface area contributed by atoms with Gasteiger partial charge >= 0.3 is 13.1 Å². The molecule has 4 fully saturated rings. The normalized spacial score (nSPS) is 16.4. The number of aldehydes is 2. The number of urea groups is 1. The van der Waals surface area contributed by atoms with E-state index in [4.69, 9.17) is 14.0 Å². The number of rotatable bonds is 14. The van der Waals surface area contributed by atoms with Crippen LogP contribution < -0.4 is 33.0 Å². The highest BCUT2D eigenvalue weighted by molar-refractivity contribution is 9.10.